The van der Waals surface area contributed by atoms with Gasteiger partial charge in [-0.2, -0.15) is 0 Å². The van der Waals surface area contributed by atoms with Gasteiger partial charge in [0.1, 0.15) is 18.1 Å². The van der Waals surface area contributed by atoms with Crippen LogP contribution in [0.2, 0.25) is 5.02 Å². The van der Waals surface area contributed by atoms with E-state index in [9.17, 15) is 9.59 Å². The third kappa shape index (κ3) is 2.21. The van der Waals surface area contributed by atoms with Crippen molar-refractivity contribution in [3.63, 3.8) is 0 Å². The van der Waals surface area contributed by atoms with Crippen molar-refractivity contribution in [3.05, 3.63) is 23.2 Å². The maximum Gasteiger partial charge on any atom is 0.326 e. The van der Waals surface area contributed by atoms with E-state index >= 15 is 0 Å². The second-order valence-electron chi connectivity index (χ2n) is 3.71. The van der Waals surface area contributed by atoms with E-state index in [1.54, 1.807) is 0 Å². The molecule has 0 aliphatic carbocycles. The first kappa shape index (κ1) is 11.8. The number of hydrogen-bond acceptors (Lipinski definition) is 4. The Morgan fingerprint density at radius 1 is 1.53 bits per heavy atom. The number of aliphatic carboxylic acids is 1. The van der Waals surface area contributed by atoms with Gasteiger partial charge in [-0.25, -0.2) is 14.8 Å². The molecule has 0 bridgehead atoms. The van der Waals surface area contributed by atoms with Crippen LogP contribution >= 0.6 is 11.6 Å². The summed E-state index contributed by atoms with van der Waals surface area (Å²) in [6.45, 7) is 0.413. The number of halogens is 1. The van der Waals surface area contributed by atoms with Gasteiger partial charge >= 0.3 is 5.97 Å². The largest absolute Gasteiger partial charge is 0.480 e. The fourth-order valence-corrected chi connectivity index (χ4v) is 2.06. The molecule has 0 radical (unpaired) electrons. The smallest absolute Gasteiger partial charge is 0.326 e. The summed E-state index contributed by atoms with van der Waals surface area (Å²) in [5, 5.41) is 9.12. The predicted octanol–water partition coefficient (Wildman–Crippen LogP) is 0.819. The molecule has 1 saturated heterocycles. The fourth-order valence-electron chi connectivity index (χ4n) is 1.87. The Hall–Kier alpha value is -1.69. The minimum Gasteiger partial charge on any atom is -0.480 e. The van der Waals surface area contributed by atoms with Crippen LogP contribution in [0.5, 0.6) is 0 Å². The van der Waals surface area contributed by atoms with E-state index in [2.05, 4.69) is 9.97 Å². The molecule has 1 aliphatic rings. The molecule has 6 nitrogen and oxygen atoms in total. The summed E-state index contributed by atoms with van der Waals surface area (Å²) in [7, 11) is 0. The van der Waals surface area contributed by atoms with E-state index in [0.29, 0.717) is 19.4 Å². The van der Waals surface area contributed by atoms with Gasteiger partial charge in [0.15, 0.2) is 0 Å². The van der Waals surface area contributed by atoms with Crippen LogP contribution in [-0.2, 0) is 4.79 Å². The Balaban J connectivity index is 2.26. The normalized spacial score (nSPS) is 19.4. The van der Waals surface area contributed by atoms with Gasteiger partial charge in [0.05, 0.1) is 5.02 Å². The monoisotopic (exact) mass is 255 g/mol. The first-order valence-corrected chi connectivity index (χ1v) is 5.48. The Bertz CT molecular complexity index is 466. The van der Waals surface area contributed by atoms with Crippen LogP contribution in [0.3, 0.4) is 0 Å². The molecule has 7 heteroatoms. The van der Waals surface area contributed by atoms with Crippen LogP contribution < -0.4 is 0 Å². The third-order valence-electron chi connectivity index (χ3n) is 2.67. The number of rotatable bonds is 2. The van der Waals surface area contributed by atoms with Crippen molar-refractivity contribution >= 4 is 23.5 Å². The van der Waals surface area contributed by atoms with Crippen LogP contribution in [0.25, 0.3) is 0 Å². The van der Waals surface area contributed by atoms with E-state index in [1.807, 2.05) is 0 Å². The number of amides is 1. The highest BCUT2D eigenvalue weighted by Crippen LogP contribution is 2.22. The van der Waals surface area contributed by atoms with Gasteiger partial charge in [0, 0.05) is 12.7 Å². The van der Waals surface area contributed by atoms with Crippen molar-refractivity contribution in [2.75, 3.05) is 6.54 Å². The lowest BCUT2D eigenvalue weighted by Crippen LogP contribution is -2.40. The van der Waals surface area contributed by atoms with Gasteiger partial charge in [-0.05, 0) is 12.8 Å². The van der Waals surface area contributed by atoms with Crippen LogP contribution in [0.4, 0.5) is 0 Å². The molecule has 1 N–H and O–H groups in total. The number of nitrogens with zero attached hydrogens (tertiary/aromatic N) is 3. The summed E-state index contributed by atoms with van der Waals surface area (Å²) in [5.41, 5.74) is 0.0508. The lowest BCUT2D eigenvalue weighted by molar-refractivity contribution is -0.141. The maximum atomic E-state index is 12.1. The Morgan fingerprint density at radius 3 is 2.94 bits per heavy atom. The van der Waals surface area contributed by atoms with Crippen molar-refractivity contribution in [1.29, 1.82) is 0 Å². The molecule has 0 saturated carbocycles. The van der Waals surface area contributed by atoms with E-state index in [1.165, 1.54) is 17.4 Å². The lowest BCUT2D eigenvalue weighted by Gasteiger charge is -2.21. The van der Waals surface area contributed by atoms with E-state index in [-0.39, 0.29) is 10.7 Å². The van der Waals surface area contributed by atoms with E-state index in [0.717, 1.165) is 0 Å². The van der Waals surface area contributed by atoms with E-state index < -0.39 is 17.9 Å². The number of carboxylic acid groups (broad SMARTS) is 1. The van der Waals surface area contributed by atoms with Crippen molar-refractivity contribution in [3.8, 4) is 0 Å². The molecule has 1 aromatic rings. The summed E-state index contributed by atoms with van der Waals surface area (Å²) in [4.78, 5) is 31.8. The summed E-state index contributed by atoms with van der Waals surface area (Å²) in [6, 6.07) is -0.784. The quantitative estimate of drug-likeness (QED) is 0.846. The van der Waals surface area contributed by atoms with Crippen molar-refractivity contribution < 1.29 is 14.7 Å². The average molecular weight is 256 g/mol. The van der Waals surface area contributed by atoms with Crippen LogP contribution in [-0.4, -0.2) is 44.4 Å². The Morgan fingerprint density at radius 2 is 2.29 bits per heavy atom. The molecular formula is C10H10ClN3O3. The second kappa shape index (κ2) is 4.67. The summed E-state index contributed by atoms with van der Waals surface area (Å²) < 4.78 is 0. The molecule has 0 aromatic carbocycles. The number of aromatic nitrogens is 2. The highest BCUT2D eigenvalue weighted by Gasteiger charge is 2.35. The molecule has 1 aliphatic heterocycles. The maximum absolute atomic E-state index is 12.1. The molecular weight excluding hydrogens is 246 g/mol. The number of carbonyl (C=O) groups is 2. The van der Waals surface area contributed by atoms with Crippen molar-refractivity contribution in [2.24, 2.45) is 0 Å². The van der Waals surface area contributed by atoms with Gasteiger partial charge < -0.3 is 10.0 Å². The average Bonchev–Trinajstić information content (AvgIpc) is 2.77. The van der Waals surface area contributed by atoms with E-state index in [4.69, 9.17) is 16.7 Å². The topological polar surface area (TPSA) is 83.4 Å². The molecule has 1 amide bonds. The summed E-state index contributed by atoms with van der Waals surface area (Å²) in [6.07, 6.45) is 3.66. The second-order valence-corrected chi connectivity index (χ2v) is 4.12. The van der Waals surface area contributed by atoms with Gasteiger partial charge in [0.2, 0.25) is 0 Å². The molecule has 2 rings (SSSR count). The lowest BCUT2D eigenvalue weighted by atomic mass is 10.2. The standard InChI is InChI=1S/C10H10ClN3O3/c11-6-4-12-5-13-8(6)9(15)14-3-1-2-7(14)10(16)17/h4-5,7H,1-3H2,(H,16,17)/t7-/m0/s1. The first-order chi connectivity index (χ1) is 8.11. The molecule has 0 spiro atoms. The van der Waals surface area contributed by atoms with Gasteiger partial charge in [-0.1, -0.05) is 11.6 Å². The van der Waals surface area contributed by atoms with Gasteiger partial charge in [-0.15, -0.1) is 0 Å². The number of likely N-dealkylation sites (tertiary alicyclic amines) is 1. The first-order valence-electron chi connectivity index (χ1n) is 5.10. The highest BCUT2D eigenvalue weighted by atomic mass is 35.5. The highest BCUT2D eigenvalue weighted by molar-refractivity contribution is 6.33. The Labute approximate surface area is 102 Å². The molecule has 1 fully saturated rings. The number of carbonyl (C=O) groups excluding carboxylic acids is 1. The van der Waals surface area contributed by atoms with Gasteiger partial charge in [-0.3, -0.25) is 4.79 Å². The zero-order chi connectivity index (χ0) is 12.4. The van der Waals surface area contributed by atoms with Crippen molar-refractivity contribution in [2.45, 2.75) is 18.9 Å². The minimum atomic E-state index is -0.999. The molecule has 90 valence electrons. The van der Waals surface area contributed by atoms with Crippen LogP contribution in [0, 0.1) is 0 Å². The zero-order valence-electron chi connectivity index (χ0n) is 8.84. The summed E-state index contributed by atoms with van der Waals surface area (Å²) in [5.74, 6) is -1.46. The number of hydrogen-bond donors (Lipinski definition) is 1. The Kier molecular flexibility index (Phi) is 3.23. The minimum absolute atomic E-state index is 0.0508. The SMILES string of the molecule is O=C(O)[C@@H]1CCCN1C(=O)c1ncncc1Cl. The van der Waals surface area contributed by atoms with Crippen LogP contribution in [0.1, 0.15) is 23.3 Å². The van der Waals surface area contributed by atoms with Gasteiger partial charge in [0.25, 0.3) is 5.91 Å². The molecule has 0 unspecified atom stereocenters. The number of carboxylic acids is 1. The van der Waals surface area contributed by atoms with Crippen LogP contribution in [0.15, 0.2) is 12.5 Å². The predicted molar refractivity (Wildman–Crippen MR) is 58.7 cm³/mol. The molecule has 2 heterocycles. The fraction of sp³-hybridized carbons (Fsp3) is 0.400. The van der Waals surface area contributed by atoms with Crippen molar-refractivity contribution in [1.82, 2.24) is 14.9 Å². The molecule has 1 atom stereocenters. The molecule has 1 aromatic heterocycles. The zero-order valence-corrected chi connectivity index (χ0v) is 9.59. The third-order valence-corrected chi connectivity index (χ3v) is 2.95. The summed E-state index contributed by atoms with van der Waals surface area (Å²) >= 11 is 5.80. The molecule has 17 heavy (non-hydrogen) atoms.